The lowest BCUT2D eigenvalue weighted by molar-refractivity contribution is -0.136. The van der Waals surface area contributed by atoms with Gasteiger partial charge in [-0.1, -0.05) is 47.5 Å². The number of hydrogen-bond acceptors (Lipinski definition) is 8. The van der Waals surface area contributed by atoms with Gasteiger partial charge in [-0.3, -0.25) is 9.59 Å². The summed E-state index contributed by atoms with van der Waals surface area (Å²) < 4.78 is 35.6. The lowest BCUT2D eigenvalue weighted by atomic mass is 10.1. The Bertz CT molecular complexity index is 2070. The minimum atomic E-state index is -4.20. The smallest absolute Gasteiger partial charge is 0.253 e. The van der Waals surface area contributed by atoms with E-state index in [0.717, 1.165) is 16.6 Å². The first-order valence-electron chi connectivity index (χ1n) is 15.9. The van der Waals surface area contributed by atoms with Gasteiger partial charge in [0.25, 0.3) is 5.91 Å². The van der Waals surface area contributed by atoms with Gasteiger partial charge >= 0.3 is 0 Å². The SMILES string of the molecule is Cc1cc(C)c2cccc(OCc3c(Cl)ccc(S(=O)(=O)N4CCC[C@H]4C(=O)N4CCN(C(=O)c5cccc(C=NN)c5)CC4)c3Cl)c2n1. The zero-order chi connectivity index (χ0) is 34.9. The minimum absolute atomic E-state index is 0.0555. The highest BCUT2D eigenvalue weighted by molar-refractivity contribution is 7.89. The van der Waals surface area contributed by atoms with E-state index in [-0.39, 0.29) is 53.0 Å². The topological polar surface area (TPSA) is 138 Å². The van der Waals surface area contributed by atoms with Crippen molar-refractivity contribution in [1.82, 2.24) is 19.1 Å². The summed E-state index contributed by atoms with van der Waals surface area (Å²) in [6.07, 6.45) is 2.36. The van der Waals surface area contributed by atoms with Crippen LogP contribution in [-0.4, -0.2) is 84.3 Å². The number of nitrogens with zero attached hydrogens (tertiary/aromatic N) is 5. The first kappa shape index (κ1) is 34.6. The van der Waals surface area contributed by atoms with Crippen molar-refractivity contribution >= 4 is 62.2 Å². The summed E-state index contributed by atoms with van der Waals surface area (Å²) >= 11 is 13.3. The molecule has 0 saturated carbocycles. The number of rotatable bonds is 8. The predicted octanol–water partition coefficient (Wildman–Crippen LogP) is 5.17. The summed E-state index contributed by atoms with van der Waals surface area (Å²) in [7, 11) is -4.20. The molecule has 3 aromatic carbocycles. The van der Waals surface area contributed by atoms with Gasteiger partial charge < -0.3 is 20.4 Å². The Hall–Kier alpha value is -4.23. The standard InChI is InChI=1S/C35H36Cl2N6O5S/c1-22-18-23(2)40-33-26(22)8-4-10-30(33)48-21-27-28(36)11-12-31(32(27)37)49(46,47)43-13-5-9-29(43)35(45)42-16-14-41(15-17-42)34(44)25-7-3-6-24(19-25)20-39-38/h3-4,6-8,10-12,18-20,29H,5,9,13-17,21,38H2,1-2H3/t29-/m0/s1. The fraction of sp³-hybridized carbons (Fsp3) is 0.314. The van der Waals surface area contributed by atoms with Crippen molar-refractivity contribution in [3.8, 4) is 5.75 Å². The molecule has 0 radical (unpaired) electrons. The van der Waals surface area contributed by atoms with E-state index in [1.807, 2.05) is 32.0 Å². The number of fused-ring (bicyclic) bond motifs is 1. The number of hydrazone groups is 1. The van der Waals surface area contributed by atoms with Crippen LogP contribution in [0.3, 0.4) is 0 Å². The second-order valence-corrected chi connectivity index (χ2v) is 14.8. The summed E-state index contributed by atoms with van der Waals surface area (Å²) in [4.78, 5) is 34.7. The second-order valence-electron chi connectivity index (χ2n) is 12.2. The van der Waals surface area contributed by atoms with Crippen LogP contribution in [0.2, 0.25) is 10.0 Å². The van der Waals surface area contributed by atoms with Crippen LogP contribution < -0.4 is 10.6 Å². The number of pyridine rings is 1. The number of carbonyl (C=O) groups excluding carboxylic acids is 2. The molecule has 4 aromatic rings. The molecule has 6 rings (SSSR count). The van der Waals surface area contributed by atoms with E-state index >= 15 is 0 Å². The molecule has 0 bridgehead atoms. The van der Waals surface area contributed by atoms with Gasteiger partial charge in [0, 0.05) is 60.0 Å². The maximum Gasteiger partial charge on any atom is 0.253 e. The summed E-state index contributed by atoms with van der Waals surface area (Å²) in [6, 6.07) is 16.6. The average molecular weight is 724 g/mol. The van der Waals surface area contributed by atoms with Crippen LogP contribution in [0.5, 0.6) is 5.75 Å². The molecule has 1 atom stereocenters. The maximum atomic E-state index is 14.1. The van der Waals surface area contributed by atoms with Gasteiger partial charge in [0.05, 0.1) is 11.2 Å². The Morgan fingerprint density at radius 1 is 1.00 bits per heavy atom. The van der Waals surface area contributed by atoms with Gasteiger partial charge in [-0.25, -0.2) is 13.4 Å². The highest BCUT2D eigenvalue weighted by Gasteiger charge is 2.43. The van der Waals surface area contributed by atoms with E-state index in [4.69, 9.17) is 33.8 Å². The molecule has 11 nitrogen and oxygen atoms in total. The van der Waals surface area contributed by atoms with Gasteiger partial charge in [-0.05, 0) is 74.2 Å². The molecule has 256 valence electrons. The lowest BCUT2D eigenvalue weighted by Gasteiger charge is -2.37. The van der Waals surface area contributed by atoms with E-state index < -0.39 is 16.1 Å². The normalized spacial score (nSPS) is 17.3. The molecule has 0 aliphatic carbocycles. The van der Waals surface area contributed by atoms with E-state index in [0.29, 0.717) is 53.9 Å². The second kappa shape index (κ2) is 14.3. The number of ether oxygens (including phenoxy) is 1. The molecule has 3 heterocycles. The molecule has 0 unspecified atom stereocenters. The molecule has 2 amide bonds. The van der Waals surface area contributed by atoms with Crippen LogP contribution in [0.15, 0.2) is 70.7 Å². The monoisotopic (exact) mass is 722 g/mol. The van der Waals surface area contributed by atoms with E-state index in [1.165, 1.54) is 22.7 Å². The quantitative estimate of drug-likeness (QED) is 0.151. The van der Waals surface area contributed by atoms with Gasteiger partial charge in [0.15, 0.2) is 0 Å². The fourth-order valence-electron chi connectivity index (χ4n) is 6.49. The Kier molecular flexibility index (Phi) is 10.1. The molecule has 2 aliphatic rings. The first-order chi connectivity index (χ1) is 23.5. The molecule has 2 aliphatic heterocycles. The van der Waals surface area contributed by atoms with Crippen LogP contribution in [0, 0.1) is 13.8 Å². The van der Waals surface area contributed by atoms with Crippen molar-refractivity contribution in [3.63, 3.8) is 0 Å². The summed E-state index contributed by atoms with van der Waals surface area (Å²) in [5.74, 6) is 5.31. The number of halogens is 2. The summed E-state index contributed by atoms with van der Waals surface area (Å²) in [6.45, 7) is 5.18. The number of sulfonamides is 1. The van der Waals surface area contributed by atoms with Crippen molar-refractivity contribution in [3.05, 3.63) is 98.7 Å². The molecular formula is C35H36Cl2N6O5S. The number of carbonyl (C=O) groups is 2. The van der Waals surface area contributed by atoms with E-state index in [9.17, 15) is 18.0 Å². The van der Waals surface area contributed by atoms with Crippen LogP contribution in [0.1, 0.15) is 45.6 Å². The van der Waals surface area contributed by atoms with Crippen molar-refractivity contribution in [1.29, 1.82) is 0 Å². The fourth-order valence-corrected chi connectivity index (χ4v) is 9.01. The summed E-state index contributed by atoms with van der Waals surface area (Å²) in [5, 5.41) is 4.65. The van der Waals surface area contributed by atoms with Crippen molar-refractivity contribution in [2.75, 3.05) is 32.7 Å². The van der Waals surface area contributed by atoms with Gasteiger partial charge in [-0.2, -0.15) is 9.41 Å². The Morgan fingerprint density at radius 2 is 1.73 bits per heavy atom. The molecule has 0 spiro atoms. The van der Waals surface area contributed by atoms with Crippen LogP contribution in [0.25, 0.3) is 10.9 Å². The zero-order valence-electron chi connectivity index (χ0n) is 27.1. The third kappa shape index (κ3) is 6.96. The van der Waals surface area contributed by atoms with Crippen LogP contribution >= 0.6 is 23.2 Å². The highest BCUT2D eigenvalue weighted by Crippen LogP contribution is 2.37. The van der Waals surface area contributed by atoms with Crippen LogP contribution in [0.4, 0.5) is 0 Å². The Balaban J connectivity index is 1.16. The molecule has 1 aromatic heterocycles. The Labute approximate surface area is 295 Å². The van der Waals surface area contributed by atoms with Gasteiger partial charge in [0.1, 0.15) is 28.8 Å². The number of benzene rings is 3. The van der Waals surface area contributed by atoms with Crippen molar-refractivity contribution in [2.24, 2.45) is 10.9 Å². The Morgan fingerprint density at radius 3 is 2.49 bits per heavy atom. The number of aryl methyl sites for hydroxylation is 2. The molecule has 2 saturated heterocycles. The number of nitrogens with two attached hydrogens (primary N) is 1. The maximum absolute atomic E-state index is 14.1. The van der Waals surface area contributed by atoms with Crippen LogP contribution in [-0.2, 0) is 21.4 Å². The molecule has 2 fully saturated rings. The zero-order valence-corrected chi connectivity index (χ0v) is 29.4. The number of piperazine rings is 1. The number of para-hydroxylation sites is 1. The predicted molar refractivity (Wildman–Crippen MR) is 190 cm³/mol. The first-order valence-corrected chi connectivity index (χ1v) is 18.1. The van der Waals surface area contributed by atoms with Gasteiger partial charge in [-0.15, -0.1) is 0 Å². The number of amides is 2. The highest BCUT2D eigenvalue weighted by atomic mass is 35.5. The third-order valence-electron chi connectivity index (χ3n) is 8.97. The molecule has 14 heteroatoms. The largest absolute Gasteiger partial charge is 0.487 e. The number of hydrogen-bond donors (Lipinski definition) is 1. The lowest BCUT2D eigenvalue weighted by Crippen LogP contribution is -2.55. The number of aromatic nitrogens is 1. The average Bonchev–Trinajstić information content (AvgIpc) is 3.59. The molecule has 2 N–H and O–H groups in total. The third-order valence-corrected chi connectivity index (χ3v) is 11.8. The van der Waals surface area contributed by atoms with Gasteiger partial charge in [0.2, 0.25) is 15.9 Å². The molecule has 49 heavy (non-hydrogen) atoms. The van der Waals surface area contributed by atoms with Crippen molar-refractivity contribution < 1.29 is 22.7 Å². The minimum Gasteiger partial charge on any atom is -0.487 e. The van der Waals surface area contributed by atoms with E-state index in [2.05, 4.69) is 10.1 Å². The van der Waals surface area contributed by atoms with E-state index in [1.54, 1.807) is 40.1 Å². The van der Waals surface area contributed by atoms with Crippen molar-refractivity contribution in [2.45, 2.75) is 44.2 Å². The summed E-state index contributed by atoms with van der Waals surface area (Å²) in [5.41, 5.74) is 4.10. The molecular weight excluding hydrogens is 687 g/mol.